The lowest BCUT2D eigenvalue weighted by Gasteiger charge is -2.30. The van der Waals surface area contributed by atoms with Gasteiger partial charge in [-0.25, -0.2) is 4.99 Å². The van der Waals surface area contributed by atoms with E-state index in [1.807, 2.05) is 0 Å². The first kappa shape index (κ1) is 17.3. The van der Waals surface area contributed by atoms with Gasteiger partial charge in [-0.15, -0.1) is 0 Å². The molecule has 1 aromatic carbocycles. The van der Waals surface area contributed by atoms with Crippen LogP contribution in [0.2, 0.25) is 0 Å². The Morgan fingerprint density at radius 3 is 2.62 bits per heavy atom. The SMILES string of the molecule is CCNC(=NCc1cccc(CN2CCC(C)CC2)c1)NC1CC1. The number of aliphatic imine (C=N–C) groups is 1. The van der Waals surface area contributed by atoms with Crippen LogP contribution >= 0.6 is 0 Å². The Morgan fingerprint density at radius 1 is 1.17 bits per heavy atom. The van der Waals surface area contributed by atoms with E-state index in [2.05, 4.69) is 53.6 Å². The Labute approximate surface area is 146 Å². The molecule has 0 unspecified atom stereocenters. The number of nitrogens with one attached hydrogen (secondary N) is 2. The molecule has 4 heteroatoms. The predicted octanol–water partition coefficient (Wildman–Crippen LogP) is 3.14. The summed E-state index contributed by atoms with van der Waals surface area (Å²) in [7, 11) is 0. The minimum absolute atomic E-state index is 0.635. The van der Waals surface area contributed by atoms with Gasteiger partial charge in [0.05, 0.1) is 6.54 Å². The van der Waals surface area contributed by atoms with E-state index in [0.29, 0.717) is 6.04 Å². The highest BCUT2D eigenvalue weighted by molar-refractivity contribution is 5.80. The number of guanidine groups is 1. The zero-order valence-corrected chi connectivity index (χ0v) is 15.2. The van der Waals surface area contributed by atoms with Crippen molar-refractivity contribution in [2.75, 3.05) is 19.6 Å². The molecule has 24 heavy (non-hydrogen) atoms. The largest absolute Gasteiger partial charge is 0.357 e. The Morgan fingerprint density at radius 2 is 1.92 bits per heavy atom. The summed E-state index contributed by atoms with van der Waals surface area (Å²) in [5.41, 5.74) is 2.71. The summed E-state index contributed by atoms with van der Waals surface area (Å²) in [4.78, 5) is 7.33. The van der Waals surface area contributed by atoms with Crippen molar-refractivity contribution in [3.8, 4) is 0 Å². The van der Waals surface area contributed by atoms with Crippen LogP contribution in [0.25, 0.3) is 0 Å². The molecule has 2 aliphatic rings. The van der Waals surface area contributed by atoms with Gasteiger partial charge in [-0.2, -0.15) is 0 Å². The highest BCUT2D eigenvalue weighted by Crippen LogP contribution is 2.19. The van der Waals surface area contributed by atoms with E-state index in [9.17, 15) is 0 Å². The molecular formula is C20H32N4. The molecule has 4 nitrogen and oxygen atoms in total. The molecule has 1 aliphatic carbocycles. The highest BCUT2D eigenvalue weighted by Gasteiger charge is 2.22. The van der Waals surface area contributed by atoms with E-state index in [1.54, 1.807) is 0 Å². The lowest BCUT2D eigenvalue weighted by Crippen LogP contribution is -2.38. The molecule has 2 fully saturated rings. The summed E-state index contributed by atoms with van der Waals surface area (Å²) in [5, 5.41) is 6.82. The molecule has 132 valence electrons. The van der Waals surface area contributed by atoms with Crippen molar-refractivity contribution in [2.24, 2.45) is 10.9 Å². The highest BCUT2D eigenvalue weighted by atomic mass is 15.2. The van der Waals surface area contributed by atoms with Gasteiger partial charge in [0.2, 0.25) is 0 Å². The number of hydrogen-bond acceptors (Lipinski definition) is 2. The summed E-state index contributed by atoms with van der Waals surface area (Å²) >= 11 is 0. The molecule has 1 heterocycles. The second-order valence-corrected chi connectivity index (χ2v) is 7.39. The van der Waals surface area contributed by atoms with Crippen molar-refractivity contribution in [2.45, 2.75) is 58.7 Å². The summed E-state index contributed by atoms with van der Waals surface area (Å²) in [6, 6.07) is 9.57. The predicted molar refractivity (Wildman–Crippen MR) is 101 cm³/mol. The fourth-order valence-corrected chi connectivity index (χ4v) is 3.22. The van der Waals surface area contributed by atoms with Crippen LogP contribution in [0.5, 0.6) is 0 Å². The third-order valence-corrected chi connectivity index (χ3v) is 4.96. The quantitative estimate of drug-likeness (QED) is 0.622. The lowest BCUT2D eigenvalue weighted by molar-refractivity contribution is 0.185. The second kappa shape index (κ2) is 8.52. The smallest absolute Gasteiger partial charge is 0.191 e. The van der Waals surface area contributed by atoms with Gasteiger partial charge in [-0.3, -0.25) is 4.90 Å². The van der Waals surface area contributed by atoms with Crippen molar-refractivity contribution in [1.82, 2.24) is 15.5 Å². The van der Waals surface area contributed by atoms with Gasteiger partial charge in [0.15, 0.2) is 5.96 Å². The maximum Gasteiger partial charge on any atom is 0.191 e. The molecule has 0 aromatic heterocycles. The average Bonchev–Trinajstić information content (AvgIpc) is 3.39. The monoisotopic (exact) mass is 328 g/mol. The van der Waals surface area contributed by atoms with E-state index < -0.39 is 0 Å². The molecule has 0 bridgehead atoms. The Kier molecular flexibility index (Phi) is 6.13. The van der Waals surface area contributed by atoms with Crippen LogP contribution in [-0.2, 0) is 13.1 Å². The van der Waals surface area contributed by atoms with Crippen LogP contribution < -0.4 is 10.6 Å². The van der Waals surface area contributed by atoms with Crippen molar-refractivity contribution in [1.29, 1.82) is 0 Å². The number of hydrogen-bond donors (Lipinski definition) is 2. The number of nitrogens with zero attached hydrogens (tertiary/aromatic N) is 2. The molecule has 1 aliphatic heterocycles. The van der Waals surface area contributed by atoms with Gasteiger partial charge >= 0.3 is 0 Å². The first-order valence-electron chi connectivity index (χ1n) is 9.58. The summed E-state index contributed by atoms with van der Waals surface area (Å²) in [6.07, 6.45) is 5.22. The van der Waals surface area contributed by atoms with Crippen molar-refractivity contribution in [3.05, 3.63) is 35.4 Å². The maximum atomic E-state index is 4.74. The van der Waals surface area contributed by atoms with E-state index in [4.69, 9.17) is 4.99 Å². The average molecular weight is 329 g/mol. The van der Waals surface area contributed by atoms with Crippen LogP contribution in [0.15, 0.2) is 29.3 Å². The summed E-state index contributed by atoms with van der Waals surface area (Å²) in [6.45, 7) is 9.68. The molecule has 1 saturated heterocycles. The van der Waals surface area contributed by atoms with E-state index in [1.165, 1.54) is 49.9 Å². The topological polar surface area (TPSA) is 39.7 Å². The molecule has 3 rings (SSSR count). The van der Waals surface area contributed by atoms with Crippen LogP contribution in [0.3, 0.4) is 0 Å². The Hall–Kier alpha value is -1.55. The van der Waals surface area contributed by atoms with Crippen LogP contribution in [0.1, 0.15) is 50.7 Å². The fourth-order valence-electron chi connectivity index (χ4n) is 3.22. The summed E-state index contributed by atoms with van der Waals surface area (Å²) < 4.78 is 0. The standard InChI is InChI=1S/C20H32N4/c1-3-21-20(23-19-7-8-19)22-14-17-5-4-6-18(13-17)15-24-11-9-16(2)10-12-24/h4-6,13,16,19H,3,7-12,14-15H2,1-2H3,(H2,21,22,23). The van der Waals surface area contributed by atoms with E-state index in [0.717, 1.165) is 31.5 Å². The second-order valence-electron chi connectivity index (χ2n) is 7.39. The molecule has 0 spiro atoms. The lowest BCUT2D eigenvalue weighted by atomic mass is 9.98. The fraction of sp³-hybridized carbons (Fsp3) is 0.650. The Bertz CT molecular complexity index is 542. The first-order valence-corrected chi connectivity index (χ1v) is 9.58. The molecule has 0 amide bonds. The van der Waals surface area contributed by atoms with Gasteiger partial charge in [0.1, 0.15) is 0 Å². The molecule has 1 aromatic rings. The zero-order chi connectivity index (χ0) is 16.8. The number of piperidine rings is 1. The number of benzene rings is 1. The normalized spacial score (nSPS) is 20.2. The first-order chi connectivity index (χ1) is 11.7. The number of rotatable bonds is 6. The van der Waals surface area contributed by atoms with Gasteiger partial charge in [-0.1, -0.05) is 31.2 Å². The molecule has 2 N–H and O–H groups in total. The molecule has 0 atom stereocenters. The van der Waals surface area contributed by atoms with Crippen molar-refractivity contribution < 1.29 is 0 Å². The van der Waals surface area contributed by atoms with Gasteiger partial charge in [-0.05, 0) is 62.7 Å². The zero-order valence-electron chi connectivity index (χ0n) is 15.2. The van der Waals surface area contributed by atoms with Crippen LogP contribution in [-0.4, -0.2) is 36.5 Å². The number of likely N-dealkylation sites (tertiary alicyclic amines) is 1. The summed E-state index contributed by atoms with van der Waals surface area (Å²) in [5.74, 6) is 1.85. The van der Waals surface area contributed by atoms with E-state index >= 15 is 0 Å². The molecule has 0 radical (unpaired) electrons. The van der Waals surface area contributed by atoms with Crippen molar-refractivity contribution >= 4 is 5.96 Å². The molecule has 1 saturated carbocycles. The minimum Gasteiger partial charge on any atom is -0.357 e. The van der Waals surface area contributed by atoms with Crippen molar-refractivity contribution in [3.63, 3.8) is 0 Å². The third kappa shape index (κ3) is 5.52. The van der Waals surface area contributed by atoms with Gasteiger partial charge < -0.3 is 10.6 Å². The maximum absolute atomic E-state index is 4.74. The van der Waals surface area contributed by atoms with Gasteiger partial charge in [0, 0.05) is 19.1 Å². The van der Waals surface area contributed by atoms with E-state index in [-0.39, 0.29) is 0 Å². The Balaban J connectivity index is 1.55. The third-order valence-electron chi connectivity index (χ3n) is 4.96. The van der Waals surface area contributed by atoms with Crippen LogP contribution in [0.4, 0.5) is 0 Å². The van der Waals surface area contributed by atoms with Crippen LogP contribution in [0, 0.1) is 5.92 Å². The van der Waals surface area contributed by atoms with Gasteiger partial charge in [0.25, 0.3) is 0 Å². The molecular weight excluding hydrogens is 296 g/mol. The minimum atomic E-state index is 0.635.